The standard InChI is InChI=1S/C15H27N3O2S/c1-12(2)9-15(10-18(3)4)17-21(19,20)11-13-5-7-14(16)8-6-13/h5-8,12,15,17H,9-11,16H2,1-4H3. The molecule has 0 aliphatic carbocycles. The van der Waals surface area contributed by atoms with Crippen molar-refractivity contribution < 1.29 is 8.42 Å². The highest BCUT2D eigenvalue weighted by Crippen LogP contribution is 2.11. The number of nitrogens with zero attached hydrogens (tertiary/aromatic N) is 1. The van der Waals surface area contributed by atoms with Gasteiger partial charge in [-0.25, -0.2) is 13.1 Å². The Morgan fingerprint density at radius 1 is 1.19 bits per heavy atom. The van der Waals surface area contributed by atoms with Gasteiger partial charge in [-0.2, -0.15) is 0 Å². The van der Waals surface area contributed by atoms with E-state index in [1.54, 1.807) is 24.3 Å². The fourth-order valence-corrected chi connectivity index (χ4v) is 3.69. The van der Waals surface area contributed by atoms with Gasteiger partial charge in [0.1, 0.15) is 0 Å². The molecule has 0 amide bonds. The molecular weight excluding hydrogens is 286 g/mol. The zero-order chi connectivity index (χ0) is 16.0. The van der Waals surface area contributed by atoms with Crippen LogP contribution in [0.25, 0.3) is 0 Å². The van der Waals surface area contributed by atoms with Crippen molar-refractivity contribution in [3.05, 3.63) is 29.8 Å². The van der Waals surface area contributed by atoms with Crippen LogP contribution in [-0.4, -0.2) is 40.0 Å². The van der Waals surface area contributed by atoms with Crippen LogP contribution in [0.2, 0.25) is 0 Å². The van der Waals surface area contributed by atoms with Crippen molar-refractivity contribution in [2.24, 2.45) is 5.92 Å². The summed E-state index contributed by atoms with van der Waals surface area (Å²) in [5, 5.41) is 0. The van der Waals surface area contributed by atoms with Gasteiger partial charge in [0.05, 0.1) is 5.75 Å². The fourth-order valence-electron chi connectivity index (χ4n) is 2.30. The molecule has 0 radical (unpaired) electrons. The van der Waals surface area contributed by atoms with Crippen molar-refractivity contribution in [1.29, 1.82) is 0 Å². The Hall–Kier alpha value is -1.11. The first-order valence-electron chi connectivity index (χ1n) is 7.17. The minimum absolute atomic E-state index is 0.0185. The van der Waals surface area contributed by atoms with Crippen molar-refractivity contribution in [2.45, 2.75) is 32.1 Å². The molecular formula is C15H27N3O2S. The molecule has 0 spiro atoms. The van der Waals surface area contributed by atoms with Crippen LogP contribution in [0, 0.1) is 5.92 Å². The number of benzene rings is 1. The van der Waals surface area contributed by atoms with Crippen LogP contribution >= 0.6 is 0 Å². The van der Waals surface area contributed by atoms with E-state index in [4.69, 9.17) is 5.73 Å². The molecule has 0 aliphatic heterocycles. The van der Waals surface area contributed by atoms with Crippen LogP contribution in [0.15, 0.2) is 24.3 Å². The first-order chi connectivity index (χ1) is 9.68. The number of likely N-dealkylation sites (N-methyl/N-ethyl adjacent to an activating group) is 1. The number of hydrogen-bond acceptors (Lipinski definition) is 4. The Morgan fingerprint density at radius 2 is 1.76 bits per heavy atom. The Bertz CT molecular complexity index is 514. The lowest BCUT2D eigenvalue weighted by Gasteiger charge is -2.23. The summed E-state index contributed by atoms with van der Waals surface area (Å²) in [6.07, 6.45) is 0.819. The normalized spacial score (nSPS) is 13.8. The summed E-state index contributed by atoms with van der Waals surface area (Å²) in [5.41, 5.74) is 6.98. The van der Waals surface area contributed by atoms with Gasteiger partial charge in [-0.15, -0.1) is 0 Å². The second-order valence-electron chi connectivity index (χ2n) is 6.21. The van der Waals surface area contributed by atoms with Gasteiger partial charge in [-0.05, 0) is 44.1 Å². The van der Waals surface area contributed by atoms with Gasteiger partial charge in [0.25, 0.3) is 0 Å². The Balaban J connectivity index is 2.73. The molecule has 3 N–H and O–H groups in total. The smallest absolute Gasteiger partial charge is 0.216 e. The molecule has 0 saturated carbocycles. The maximum Gasteiger partial charge on any atom is 0.216 e. The lowest BCUT2D eigenvalue weighted by Crippen LogP contribution is -2.42. The Kier molecular flexibility index (Phi) is 6.64. The largest absolute Gasteiger partial charge is 0.399 e. The van der Waals surface area contributed by atoms with Crippen molar-refractivity contribution in [3.8, 4) is 0 Å². The Morgan fingerprint density at radius 3 is 2.24 bits per heavy atom. The van der Waals surface area contributed by atoms with E-state index >= 15 is 0 Å². The number of rotatable bonds is 8. The number of nitrogen functional groups attached to an aromatic ring is 1. The molecule has 21 heavy (non-hydrogen) atoms. The molecule has 1 atom stereocenters. The van der Waals surface area contributed by atoms with E-state index in [2.05, 4.69) is 18.6 Å². The van der Waals surface area contributed by atoms with Gasteiger partial charge >= 0.3 is 0 Å². The first kappa shape index (κ1) is 17.9. The summed E-state index contributed by atoms with van der Waals surface area (Å²) in [7, 11) is 0.537. The molecule has 120 valence electrons. The van der Waals surface area contributed by atoms with Crippen LogP contribution in [-0.2, 0) is 15.8 Å². The molecule has 1 aromatic carbocycles. The van der Waals surface area contributed by atoms with Crippen molar-refractivity contribution >= 4 is 15.7 Å². The monoisotopic (exact) mass is 313 g/mol. The van der Waals surface area contributed by atoms with Crippen LogP contribution in [0.1, 0.15) is 25.8 Å². The minimum Gasteiger partial charge on any atom is -0.399 e. The van der Waals surface area contributed by atoms with Gasteiger partial charge in [0, 0.05) is 18.3 Å². The Labute approximate surface area is 128 Å². The quantitative estimate of drug-likeness (QED) is 0.716. The van der Waals surface area contributed by atoms with E-state index in [0.717, 1.165) is 12.0 Å². The highest BCUT2D eigenvalue weighted by atomic mass is 32.2. The molecule has 5 nitrogen and oxygen atoms in total. The third-order valence-electron chi connectivity index (χ3n) is 3.02. The van der Waals surface area contributed by atoms with E-state index in [1.807, 2.05) is 19.0 Å². The average molecular weight is 313 g/mol. The first-order valence-corrected chi connectivity index (χ1v) is 8.82. The molecule has 0 aliphatic rings. The molecule has 0 aromatic heterocycles. The summed E-state index contributed by atoms with van der Waals surface area (Å²) < 4.78 is 27.4. The topological polar surface area (TPSA) is 75.4 Å². The van der Waals surface area contributed by atoms with Crippen molar-refractivity contribution in [2.75, 3.05) is 26.4 Å². The number of anilines is 1. The zero-order valence-corrected chi connectivity index (χ0v) is 14.2. The minimum atomic E-state index is -3.36. The van der Waals surface area contributed by atoms with E-state index in [0.29, 0.717) is 18.2 Å². The van der Waals surface area contributed by atoms with E-state index in [1.165, 1.54) is 0 Å². The maximum atomic E-state index is 12.3. The number of nitrogens with one attached hydrogen (secondary N) is 1. The molecule has 0 saturated heterocycles. The fraction of sp³-hybridized carbons (Fsp3) is 0.600. The second kappa shape index (κ2) is 7.77. The molecule has 0 heterocycles. The second-order valence-corrected chi connectivity index (χ2v) is 7.96. The molecule has 0 bridgehead atoms. The highest BCUT2D eigenvalue weighted by Gasteiger charge is 2.20. The average Bonchev–Trinajstić information content (AvgIpc) is 2.29. The van der Waals surface area contributed by atoms with Crippen LogP contribution in [0.3, 0.4) is 0 Å². The number of hydrogen-bond donors (Lipinski definition) is 2. The van der Waals surface area contributed by atoms with Gasteiger partial charge in [0.2, 0.25) is 10.0 Å². The summed E-state index contributed by atoms with van der Waals surface area (Å²) in [5.74, 6) is 0.421. The molecule has 1 aromatic rings. The van der Waals surface area contributed by atoms with Crippen molar-refractivity contribution in [1.82, 2.24) is 9.62 Å². The van der Waals surface area contributed by atoms with Crippen LogP contribution in [0.5, 0.6) is 0 Å². The van der Waals surface area contributed by atoms with E-state index < -0.39 is 10.0 Å². The summed E-state index contributed by atoms with van der Waals surface area (Å²) >= 11 is 0. The summed E-state index contributed by atoms with van der Waals surface area (Å²) in [6, 6.07) is 6.86. The third kappa shape index (κ3) is 7.45. The molecule has 6 heteroatoms. The molecule has 1 rings (SSSR count). The maximum absolute atomic E-state index is 12.3. The van der Waals surface area contributed by atoms with E-state index in [-0.39, 0.29) is 11.8 Å². The molecule has 0 fully saturated rings. The molecule has 1 unspecified atom stereocenters. The van der Waals surface area contributed by atoms with Gasteiger partial charge in [0.15, 0.2) is 0 Å². The van der Waals surface area contributed by atoms with Crippen LogP contribution in [0.4, 0.5) is 5.69 Å². The summed E-state index contributed by atoms with van der Waals surface area (Å²) in [4.78, 5) is 2.00. The lowest BCUT2D eigenvalue weighted by molar-refractivity contribution is 0.329. The van der Waals surface area contributed by atoms with Crippen LogP contribution < -0.4 is 10.5 Å². The summed E-state index contributed by atoms with van der Waals surface area (Å²) in [6.45, 7) is 4.88. The SMILES string of the molecule is CC(C)CC(CN(C)C)NS(=O)(=O)Cc1ccc(N)cc1. The number of nitrogens with two attached hydrogens (primary N) is 1. The third-order valence-corrected chi connectivity index (χ3v) is 4.43. The van der Waals surface area contributed by atoms with Gasteiger partial charge in [-0.1, -0.05) is 26.0 Å². The van der Waals surface area contributed by atoms with Gasteiger partial charge < -0.3 is 10.6 Å². The zero-order valence-electron chi connectivity index (χ0n) is 13.3. The predicted molar refractivity (Wildman–Crippen MR) is 88.4 cm³/mol. The number of sulfonamides is 1. The van der Waals surface area contributed by atoms with E-state index in [9.17, 15) is 8.42 Å². The highest BCUT2D eigenvalue weighted by molar-refractivity contribution is 7.88. The predicted octanol–water partition coefficient (Wildman–Crippen LogP) is 1.66. The van der Waals surface area contributed by atoms with Gasteiger partial charge in [-0.3, -0.25) is 0 Å². The van der Waals surface area contributed by atoms with Crippen molar-refractivity contribution in [3.63, 3.8) is 0 Å². The lowest BCUT2D eigenvalue weighted by atomic mass is 10.0.